The molecular formula is C12H19N3O3S. The van der Waals surface area contributed by atoms with Gasteiger partial charge in [0.25, 0.3) is 0 Å². The van der Waals surface area contributed by atoms with Gasteiger partial charge < -0.3 is 10.6 Å². The van der Waals surface area contributed by atoms with E-state index in [1.165, 1.54) is 11.0 Å². The third-order valence-corrected chi connectivity index (χ3v) is 4.28. The van der Waals surface area contributed by atoms with Gasteiger partial charge >= 0.3 is 0 Å². The van der Waals surface area contributed by atoms with Crippen molar-refractivity contribution in [3.63, 3.8) is 0 Å². The summed E-state index contributed by atoms with van der Waals surface area (Å²) in [6, 6.07) is 3.12. The van der Waals surface area contributed by atoms with Crippen molar-refractivity contribution in [2.45, 2.75) is 18.7 Å². The van der Waals surface area contributed by atoms with E-state index < -0.39 is 10.0 Å². The highest BCUT2D eigenvalue weighted by Gasteiger charge is 2.19. The lowest BCUT2D eigenvalue weighted by atomic mass is 10.1. The van der Waals surface area contributed by atoms with E-state index in [1.807, 2.05) is 6.92 Å². The Balaban J connectivity index is 3.01. The van der Waals surface area contributed by atoms with Crippen molar-refractivity contribution in [1.29, 1.82) is 0 Å². The van der Waals surface area contributed by atoms with E-state index in [0.717, 1.165) is 11.1 Å². The van der Waals surface area contributed by atoms with Crippen molar-refractivity contribution < 1.29 is 13.2 Å². The van der Waals surface area contributed by atoms with E-state index in [-0.39, 0.29) is 23.0 Å². The van der Waals surface area contributed by atoms with Crippen LogP contribution in [0.1, 0.15) is 11.1 Å². The molecule has 1 rings (SSSR count). The first-order chi connectivity index (χ1) is 8.65. The molecule has 1 amide bonds. The minimum absolute atomic E-state index is 0.00200. The van der Waals surface area contributed by atoms with Gasteiger partial charge in [-0.15, -0.1) is 0 Å². The number of likely N-dealkylation sites (N-methyl/N-ethyl adjacent to an activating group) is 1. The highest BCUT2D eigenvalue weighted by Crippen LogP contribution is 2.22. The molecule has 0 aliphatic carbocycles. The largest absolute Gasteiger partial charge is 0.398 e. The number of nitrogens with one attached hydrogen (secondary N) is 1. The van der Waals surface area contributed by atoms with Crippen molar-refractivity contribution in [2.24, 2.45) is 0 Å². The number of hydrogen-bond acceptors (Lipinski definition) is 4. The summed E-state index contributed by atoms with van der Waals surface area (Å²) in [6.45, 7) is 3.37. The summed E-state index contributed by atoms with van der Waals surface area (Å²) in [4.78, 5) is 12.7. The van der Waals surface area contributed by atoms with Crippen LogP contribution in [0.2, 0.25) is 0 Å². The number of aryl methyl sites for hydroxylation is 2. The minimum atomic E-state index is -3.78. The van der Waals surface area contributed by atoms with Crippen molar-refractivity contribution in [3.8, 4) is 0 Å². The third-order valence-electron chi connectivity index (χ3n) is 2.83. The smallest absolute Gasteiger partial charge is 0.243 e. The summed E-state index contributed by atoms with van der Waals surface area (Å²) in [5.41, 5.74) is 7.65. The highest BCUT2D eigenvalue weighted by atomic mass is 32.2. The molecule has 1 aromatic rings. The standard InChI is InChI=1S/C12H19N3O3S/c1-8-5-10(13)11(6-9(8)2)19(17,18)14-7-12(16)15(3)4/h5-6,14H,7,13H2,1-4H3. The second-order valence-electron chi connectivity index (χ2n) is 4.59. The first-order valence-electron chi connectivity index (χ1n) is 5.71. The van der Waals surface area contributed by atoms with Crippen LogP contribution in [0.25, 0.3) is 0 Å². The van der Waals surface area contributed by atoms with Crippen molar-refractivity contribution in [2.75, 3.05) is 26.4 Å². The van der Waals surface area contributed by atoms with Gasteiger partial charge in [0.15, 0.2) is 0 Å². The number of nitrogen functional groups attached to an aromatic ring is 1. The van der Waals surface area contributed by atoms with Crippen LogP contribution < -0.4 is 10.5 Å². The maximum absolute atomic E-state index is 12.1. The number of anilines is 1. The molecule has 7 heteroatoms. The van der Waals surface area contributed by atoms with Crippen molar-refractivity contribution in [1.82, 2.24) is 9.62 Å². The normalized spacial score (nSPS) is 11.4. The number of benzene rings is 1. The van der Waals surface area contributed by atoms with E-state index >= 15 is 0 Å². The molecule has 0 heterocycles. The topological polar surface area (TPSA) is 92.5 Å². The number of carbonyl (C=O) groups is 1. The second-order valence-corrected chi connectivity index (χ2v) is 6.32. The van der Waals surface area contributed by atoms with Crippen LogP contribution in [0.15, 0.2) is 17.0 Å². The number of hydrogen-bond donors (Lipinski definition) is 2. The third kappa shape index (κ3) is 3.68. The Labute approximate surface area is 113 Å². The van der Waals surface area contributed by atoms with E-state index in [4.69, 9.17) is 5.73 Å². The minimum Gasteiger partial charge on any atom is -0.398 e. The van der Waals surface area contributed by atoms with E-state index in [2.05, 4.69) is 4.72 Å². The summed E-state index contributed by atoms with van der Waals surface area (Å²) < 4.78 is 26.4. The maximum atomic E-state index is 12.1. The second kappa shape index (κ2) is 5.58. The molecule has 0 spiro atoms. The van der Waals surface area contributed by atoms with E-state index in [1.54, 1.807) is 27.1 Å². The Morgan fingerprint density at radius 1 is 1.26 bits per heavy atom. The molecule has 0 saturated carbocycles. The number of nitrogens with two attached hydrogens (primary N) is 1. The predicted molar refractivity (Wildman–Crippen MR) is 74.2 cm³/mol. The summed E-state index contributed by atoms with van der Waals surface area (Å²) >= 11 is 0. The highest BCUT2D eigenvalue weighted by molar-refractivity contribution is 7.89. The van der Waals surface area contributed by atoms with Crippen LogP contribution in [0.3, 0.4) is 0 Å². The Bertz CT molecular complexity index is 594. The van der Waals surface area contributed by atoms with Gasteiger partial charge in [-0.05, 0) is 37.1 Å². The summed E-state index contributed by atoms with van der Waals surface area (Å²) in [5.74, 6) is -0.328. The zero-order chi connectivity index (χ0) is 14.8. The summed E-state index contributed by atoms with van der Waals surface area (Å²) in [7, 11) is -0.668. The molecule has 19 heavy (non-hydrogen) atoms. The molecule has 0 aliphatic heterocycles. The van der Waals surface area contributed by atoms with Gasteiger partial charge in [-0.2, -0.15) is 0 Å². The molecule has 6 nitrogen and oxygen atoms in total. The molecule has 3 N–H and O–H groups in total. The molecule has 1 aromatic carbocycles. The lowest BCUT2D eigenvalue weighted by Gasteiger charge is -2.13. The van der Waals surface area contributed by atoms with Crippen LogP contribution in [0, 0.1) is 13.8 Å². The number of nitrogens with zero attached hydrogens (tertiary/aromatic N) is 1. The lowest BCUT2D eigenvalue weighted by molar-refractivity contribution is -0.127. The molecule has 0 atom stereocenters. The van der Waals surface area contributed by atoms with Gasteiger partial charge in [0.05, 0.1) is 12.2 Å². The molecule has 0 saturated heterocycles. The average molecular weight is 285 g/mol. The predicted octanol–water partition coefficient (Wildman–Crippen LogP) is 0.252. The van der Waals surface area contributed by atoms with Gasteiger partial charge in [0.2, 0.25) is 15.9 Å². The van der Waals surface area contributed by atoms with Crippen LogP contribution in [-0.4, -0.2) is 39.9 Å². The fourth-order valence-corrected chi connectivity index (χ4v) is 2.61. The number of sulfonamides is 1. The first-order valence-corrected chi connectivity index (χ1v) is 7.20. The fraction of sp³-hybridized carbons (Fsp3) is 0.417. The van der Waals surface area contributed by atoms with Gasteiger partial charge in [-0.3, -0.25) is 4.79 Å². The van der Waals surface area contributed by atoms with Crippen LogP contribution in [0.5, 0.6) is 0 Å². The Kier molecular flexibility index (Phi) is 4.54. The fourth-order valence-electron chi connectivity index (χ4n) is 1.44. The molecule has 0 unspecified atom stereocenters. The lowest BCUT2D eigenvalue weighted by Crippen LogP contribution is -2.36. The average Bonchev–Trinajstić information content (AvgIpc) is 2.30. The molecule has 0 fully saturated rings. The number of rotatable bonds is 4. The van der Waals surface area contributed by atoms with Gasteiger partial charge in [-0.25, -0.2) is 13.1 Å². The Hall–Kier alpha value is -1.60. The van der Waals surface area contributed by atoms with Gasteiger partial charge in [-0.1, -0.05) is 0 Å². The summed E-state index contributed by atoms with van der Waals surface area (Å²) in [6.07, 6.45) is 0. The van der Waals surface area contributed by atoms with Crippen LogP contribution in [0.4, 0.5) is 5.69 Å². The van der Waals surface area contributed by atoms with Crippen molar-refractivity contribution in [3.05, 3.63) is 23.3 Å². The zero-order valence-electron chi connectivity index (χ0n) is 11.5. The number of carbonyl (C=O) groups excluding carboxylic acids is 1. The first kappa shape index (κ1) is 15.5. The monoisotopic (exact) mass is 285 g/mol. The molecule has 0 bridgehead atoms. The van der Waals surface area contributed by atoms with Crippen LogP contribution >= 0.6 is 0 Å². The van der Waals surface area contributed by atoms with E-state index in [9.17, 15) is 13.2 Å². The molecular weight excluding hydrogens is 266 g/mol. The molecule has 0 aliphatic rings. The van der Waals surface area contributed by atoms with Gasteiger partial charge in [0.1, 0.15) is 4.90 Å². The van der Waals surface area contributed by atoms with E-state index in [0.29, 0.717) is 0 Å². The molecule has 0 radical (unpaired) electrons. The van der Waals surface area contributed by atoms with Gasteiger partial charge in [0, 0.05) is 14.1 Å². The number of amides is 1. The Morgan fingerprint density at radius 2 is 1.79 bits per heavy atom. The molecule has 0 aromatic heterocycles. The maximum Gasteiger partial charge on any atom is 0.243 e. The quantitative estimate of drug-likeness (QED) is 0.776. The molecule has 106 valence electrons. The van der Waals surface area contributed by atoms with Crippen molar-refractivity contribution >= 4 is 21.6 Å². The van der Waals surface area contributed by atoms with Crippen LogP contribution in [-0.2, 0) is 14.8 Å². The summed E-state index contributed by atoms with van der Waals surface area (Å²) in [5, 5.41) is 0. The Morgan fingerprint density at radius 3 is 2.32 bits per heavy atom. The SMILES string of the molecule is Cc1cc(N)c(S(=O)(=O)NCC(=O)N(C)C)cc1C. The zero-order valence-corrected chi connectivity index (χ0v) is 12.3.